The van der Waals surface area contributed by atoms with Crippen LogP contribution >= 0.6 is 0 Å². The molecule has 0 aromatic carbocycles. The van der Waals surface area contributed by atoms with E-state index in [1.807, 2.05) is 6.08 Å². The second-order valence-electron chi connectivity index (χ2n) is 4.43. The first-order chi connectivity index (χ1) is 6.81. The molecule has 14 heavy (non-hydrogen) atoms. The molecule has 3 heteroatoms. The Morgan fingerprint density at radius 3 is 2.57 bits per heavy atom. The van der Waals surface area contributed by atoms with Crippen molar-refractivity contribution in [2.75, 3.05) is 32.7 Å². The monoisotopic (exact) mass is 195 g/mol. The normalized spacial score (nSPS) is 38.2. The number of piperazine rings is 3. The van der Waals surface area contributed by atoms with Gasteiger partial charge in [-0.15, -0.1) is 6.58 Å². The minimum Gasteiger partial charge on any atom is -0.326 e. The SMILES string of the molecule is C=CCCC(N)C1CN2CCN1CC2. The molecule has 3 rings (SSSR count). The Labute approximate surface area is 86.5 Å². The van der Waals surface area contributed by atoms with Crippen LogP contribution in [0.25, 0.3) is 0 Å². The fourth-order valence-electron chi connectivity index (χ4n) is 2.57. The van der Waals surface area contributed by atoms with E-state index in [1.165, 1.54) is 32.7 Å². The molecular formula is C11H21N3. The molecule has 80 valence electrons. The summed E-state index contributed by atoms with van der Waals surface area (Å²) in [7, 11) is 0. The van der Waals surface area contributed by atoms with Gasteiger partial charge in [-0.3, -0.25) is 9.80 Å². The van der Waals surface area contributed by atoms with Crippen molar-refractivity contribution in [2.24, 2.45) is 5.73 Å². The van der Waals surface area contributed by atoms with Crippen LogP contribution in [0.5, 0.6) is 0 Å². The Bertz CT molecular complexity index is 197. The van der Waals surface area contributed by atoms with Crippen molar-refractivity contribution < 1.29 is 0 Å². The molecule has 2 bridgehead atoms. The summed E-state index contributed by atoms with van der Waals surface area (Å²) in [5, 5.41) is 0. The lowest BCUT2D eigenvalue weighted by Crippen LogP contribution is -2.65. The number of nitrogens with two attached hydrogens (primary N) is 1. The number of hydrogen-bond acceptors (Lipinski definition) is 3. The van der Waals surface area contributed by atoms with Crippen molar-refractivity contribution in [2.45, 2.75) is 24.9 Å². The maximum absolute atomic E-state index is 6.20. The first-order valence-corrected chi connectivity index (χ1v) is 5.64. The van der Waals surface area contributed by atoms with Gasteiger partial charge in [0.25, 0.3) is 0 Å². The number of fused-ring (bicyclic) bond motifs is 3. The van der Waals surface area contributed by atoms with Crippen LogP contribution in [0, 0.1) is 0 Å². The second-order valence-corrected chi connectivity index (χ2v) is 4.43. The predicted octanol–water partition coefficient (Wildman–Crippen LogP) is 0.280. The molecule has 0 radical (unpaired) electrons. The van der Waals surface area contributed by atoms with Gasteiger partial charge < -0.3 is 5.73 Å². The van der Waals surface area contributed by atoms with Gasteiger partial charge in [-0.2, -0.15) is 0 Å². The molecule has 2 unspecified atom stereocenters. The summed E-state index contributed by atoms with van der Waals surface area (Å²) >= 11 is 0. The molecule has 0 spiro atoms. The smallest absolute Gasteiger partial charge is 0.0375 e. The van der Waals surface area contributed by atoms with E-state index in [1.54, 1.807) is 0 Å². The second kappa shape index (κ2) is 4.43. The minimum atomic E-state index is 0.330. The standard InChI is InChI=1S/C11H21N3/c1-2-3-4-10(12)11-9-13-5-7-14(11)8-6-13/h2,10-11H,1,3-9,12H2. The fraction of sp³-hybridized carbons (Fsp3) is 0.818. The van der Waals surface area contributed by atoms with Gasteiger partial charge in [-0.05, 0) is 12.8 Å². The van der Waals surface area contributed by atoms with Gasteiger partial charge in [0.15, 0.2) is 0 Å². The van der Waals surface area contributed by atoms with E-state index >= 15 is 0 Å². The van der Waals surface area contributed by atoms with E-state index in [2.05, 4.69) is 16.4 Å². The molecule has 0 aromatic heterocycles. The molecule has 0 amide bonds. The summed E-state index contributed by atoms with van der Waals surface area (Å²) in [5.74, 6) is 0. The lowest BCUT2D eigenvalue weighted by atomic mass is 9.97. The summed E-state index contributed by atoms with van der Waals surface area (Å²) in [4.78, 5) is 5.10. The van der Waals surface area contributed by atoms with Crippen LogP contribution in [-0.4, -0.2) is 54.6 Å². The largest absolute Gasteiger partial charge is 0.326 e. The van der Waals surface area contributed by atoms with E-state index in [0.29, 0.717) is 12.1 Å². The third-order valence-electron chi connectivity index (χ3n) is 3.52. The molecular weight excluding hydrogens is 174 g/mol. The zero-order valence-corrected chi connectivity index (χ0v) is 8.86. The molecule has 0 aromatic rings. The van der Waals surface area contributed by atoms with E-state index < -0.39 is 0 Å². The van der Waals surface area contributed by atoms with Crippen LogP contribution in [0.1, 0.15) is 12.8 Å². The summed E-state index contributed by atoms with van der Waals surface area (Å²) in [6.07, 6.45) is 4.10. The Kier molecular flexibility index (Phi) is 3.21. The molecule has 0 aliphatic carbocycles. The molecule has 3 aliphatic heterocycles. The maximum Gasteiger partial charge on any atom is 0.0375 e. The summed E-state index contributed by atoms with van der Waals surface area (Å²) in [6, 6.07) is 0.925. The van der Waals surface area contributed by atoms with Crippen LogP contribution in [0.15, 0.2) is 12.7 Å². The molecule has 3 fully saturated rings. The van der Waals surface area contributed by atoms with Crippen molar-refractivity contribution in [1.82, 2.24) is 9.80 Å². The Hall–Kier alpha value is -0.380. The summed E-state index contributed by atoms with van der Waals surface area (Å²) in [6.45, 7) is 9.84. The van der Waals surface area contributed by atoms with E-state index in [4.69, 9.17) is 5.73 Å². The van der Waals surface area contributed by atoms with Crippen molar-refractivity contribution >= 4 is 0 Å². The van der Waals surface area contributed by atoms with Crippen LogP contribution in [0.2, 0.25) is 0 Å². The maximum atomic E-state index is 6.20. The lowest BCUT2D eigenvalue weighted by Gasteiger charge is -2.49. The average Bonchev–Trinajstić information content (AvgIpc) is 2.27. The van der Waals surface area contributed by atoms with Crippen molar-refractivity contribution in [3.8, 4) is 0 Å². The number of allylic oxidation sites excluding steroid dienone is 1. The van der Waals surface area contributed by atoms with Gasteiger partial charge in [0, 0.05) is 44.8 Å². The fourth-order valence-corrected chi connectivity index (χ4v) is 2.57. The van der Waals surface area contributed by atoms with Gasteiger partial charge in [-0.1, -0.05) is 6.08 Å². The summed E-state index contributed by atoms with van der Waals surface area (Å²) in [5.41, 5.74) is 6.20. The Balaban J connectivity index is 1.87. The third kappa shape index (κ3) is 2.00. The van der Waals surface area contributed by atoms with Gasteiger partial charge in [0.2, 0.25) is 0 Å². The van der Waals surface area contributed by atoms with Crippen molar-refractivity contribution in [1.29, 1.82) is 0 Å². The zero-order valence-electron chi connectivity index (χ0n) is 8.86. The van der Waals surface area contributed by atoms with Gasteiger partial charge >= 0.3 is 0 Å². The number of nitrogens with zero attached hydrogens (tertiary/aromatic N) is 2. The number of hydrogen-bond donors (Lipinski definition) is 1. The molecule has 2 atom stereocenters. The zero-order chi connectivity index (χ0) is 9.97. The lowest BCUT2D eigenvalue weighted by molar-refractivity contribution is 0.00157. The average molecular weight is 195 g/mol. The predicted molar refractivity (Wildman–Crippen MR) is 59.2 cm³/mol. The van der Waals surface area contributed by atoms with E-state index in [0.717, 1.165) is 12.8 Å². The number of rotatable bonds is 4. The minimum absolute atomic E-state index is 0.330. The van der Waals surface area contributed by atoms with Crippen molar-refractivity contribution in [3.63, 3.8) is 0 Å². The Morgan fingerprint density at radius 1 is 1.36 bits per heavy atom. The topological polar surface area (TPSA) is 32.5 Å². The van der Waals surface area contributed by atoms with Gasteiger partial charge in [0.1, 0.15) is 0 Å². The molecule has 3 saturated heterocycles. The van der Waals surface area contributed by atoms with E-state index in [9.17, 15) is 0 Å². The highest BCUT2D eigenvalue weighted by molar-refractivity contribution is 4.94. The summed E-state index contributed by atoms with van der Waals surface area (Å²) < 4.78 is 0. The first kappa shape index (κ1) is 10.1. The van der Waals surface area contributed by atoms with Crippen molar-refractivity contribution in [3.05, 3.63) is 12.7 Å². The third-order valence-corrected chi connectivity index (χ3v) is 3.52. The molecule has 0 saturated carbocycles. The highest BCUT2D eigenvalue weighted by atomic mass is 15.3. The van der Waals surface area contributed by atoms with E-state index in [-0.39, 0.29) is 0 Å². The Morgan fingerprint density at radius 2 is 2.07 bits per heavy atom. The molecule has 3 nitrogen and oxygen atoms in total. The van der Waals surface area contributed by atoms with Crippen LogP contribution in [0.3, 0.4) is 0 Å². The molecule has 2 N–H and O–H groups in total. The van der Waals surface area contributed by atoms with Crippen LogP contribution in [0.4, 0.5) is 0 Å². The quantitative estimate of drug-likeness (QED) is 0.654. The molecule has 3 aliphatic rings. The van der Waals surface area contributed by atoms with Crippen LogP contribution in [-0.2, 0) is 0 Å². The van der Waals surface area contributed by atoms with Gasteiger partial charge in [-0.25, -0.2) is 0 Å². The molecule has 3 heterocycles. The van der Waals surface area contributed by atoms with Crippen LogP contribution < -0.4 is 5.73 Å². The first-order valence-electron chi connectivity index (χ1n) is 5.64. The van der Waals surface area contributed by atoms with Gasteiger partial charge in [0.05, 0.1) is 0 Å². The highest BCUT2D eigenvalue weighted by Crippen LogP contribution is 2.19. The highest BCUT2D eigenvalue weighted by Gasteiger charge is 2.34.